The van der Waals surface area contributed by atoms with Gasteiger partial charge in [-0.1, -0.05) is 25.0 Å². The summed E-state index contributed by atoms with van der Waals surface area (Å²) in [5.74, 6) is -0.228. The molecule has 28 heavy (non-hydrogen) atoms. The highest BCUT2D eigenvalue weighted by molar-refractivity contribution is 6.05. The van der Waals surface area contributed by atoms with Crippen LogP contribution in [0.2, 0.25) is 0 Å². The molecule has 0 radical (unpaired) electrons. The largest absolute Gasteiger partial charge is 0.330 e. The van der Waals surface area contributed by atoms with E-state index in [1.165, 1.54) is 19.3 Å². The van der Waals surface area contributed by atoms with Crippen molar-refractivity contribution in [3.8, 4) is 0 Å². The number of rotatable bonds is 5. The lowest BCUT2D eigenvalue weighted by molar-refractivity contribution is -0.136. The average molecular weight is 384 g/mol. The highest BCUT2D eigenvalue weighted by Crippen LogP contribution is 2.29. The number of fused-ring (bicyclic) bond motifs is 1. The zero-order valence-corrected chi connectivity index (χ0v) is 16.1. The summed E-state index contributed by atoms with van der Waals surface area (Å²) in [4.78, 5) is 37.9. The standard InChI is InChI=1S/C21H28N4O3/c22-10-14-3-1-2-4-17(14)23-11-13-5-6-16-15(9-13)12-25(21(16)28)18-7-8-19(26)24-20(18)27/h5-6,9,14,17-18,23H,1-4,7-8,10-12,22H2,(H,24,26,27)/t14-,17-,18?/m0/s1. The number of amides is 3. The minimum absolute atomic E-state index is 0.125. The van der Waals surface area contributed by atoms with Crippen molar-refractivity contribution in [2.45, 2.75) is 63.7 Å². The molecule has 3 atom stereocenters. The lowest BCUT2D eigenvalue weighted by Crippen LogP contribution is -2.52. The lowest BCUT2D eigenvalue weighted by atomic mass is 9.84. The molecule has 4 N–H and O–H groups in total. The summed E-state index contributed by atoms with van der Waals surface area (Å²) in [5, 5.41) is 5.99. The van der Waals surface area contributed by atoms with Gasteiger partial charge >= 0.3 is 0 Å². The fourth-order valence-electron chi connectivity index (χ4n) is 4.75. The van der Waals surface area contributed by atoms with Crippen LogP contribution in [0.5, 0.6) is 0 Å². The third-order valence-electron chi connectivity index (χ3n) is 6.37. The predicted octanol–water partition coefficient (Wildman–Crippen LogP) is 1.05. The van der Waals surface area contributed by atoms with Crippen LogP contribution in [0.4, 0.5) is 0 Å². The van der Waals surface area contributed by atoms with E-state index in [0.717, 1.165) is 30.6 Å². The molecule has 1 unspecified atom stereocenters. The first-order chi connectivity index (χ1) is 13.6. The van der Waals surface area contributed by atoms with E-state index in [0.29, 0.717) is 30.5 Å². The molecule has 2 aliphatic heterocycles. The Labute approximate surface area is 165 Å². The van der Waals surface area contributed by atoms with Gasteiger partial charge in [-0.3, -0.25) is 19.7 Å². The monoisotopic (exact) mass is 384 g/mol. The second kappa shape index (κ2) is 8.01. The fraction of sp³-hybridized carbons (Fsp3) is 0.571. The molecule has 1 saturated carbocycles. The van der Waals surface area contributed by atoms with Gasteiger partial charge in [0.25, 0.3) is 5.91 Å². The summed E-state index contributed by atoms with van der Waals surface area (Å²) >= 11 is 0. The van der Waals surface area contributed by atoms with Crippen molar-refractivity contribution in [3.63, 3.8) is 0 Å². The van der Waals surface area contributed by atoms with Crippen LogP contribution in [0, 0.1) is 5.92 Å². The zero-order valence-electron chi connectivity index (χ0n) is 16.1. The molecule has 150 valence electrons. The van der Waals surface area contributed by atoms with Gasteiger partial charge in [0.2, 0.25) is 11.8 Å². The molecular weight excluding hydrogens is 356 g/mol. The fourth-order valence-corrected chi connectivity index (χ4v) is 4.75. The minimum atomic E-state index is -0.563. The summed E-state index contributed by atoms with van der Waals surface area (Å²) < 4.78 is 0. The van der Waals surface area contributed by atoms with Crippen LogP contribution >= 0.6 is 0 Å². The molecule has 1 aromatic rings. The number of imide groups is 1. The number of hydrogen-bond donors (Lipinski definition) is 3. The van der Waals surface area contributed by atoms with Crippen LogP contribution in [-0.2, 0) is 22.7 Å². The van der Waals surface area contributed by atoms with Crippen molar-refractivity contribution in [2.24, 2.45) is 11.7 Å². The molecule has 2 fully saturated rings. The summed E-state index contributed by atoms with van der Waals surface area (Å²) in [6, 6.07) is 5.80. The number of nitrogens with zero attached hydrogens (tertiary/aromatic N) is 1. The molecular formula is C21H28N4O3. The molecule has 1 aromatic carbocycles. The second-order valence-corrected chi connectivity index (χ2v) is 8.16. The molecule has 1 saturated heterocycles. The maximum atomic E-state index is 12.8. The summed E-state index contributed by atoms with van der Waals surface area (Å²) in [6.45, 7) is 1.89. The number of nitrogens with one attached hydrogen (secondary N) is 2. The van der Waals surface area contributed by atoms with Crippen molar-refractivity contribution < 1.29 is 14.4 Å². The van der Waals surface area contributed by atoms with Gasteiger partial charge in [0.05, 0.1) is 0 Å². The van der Waals surface area contributed by atoms with Gasteiger partial charge in [-0.15, -0.1) is 0 Å². The molecule has 0 spiro atoms. The maximum absolute atomic E-state index is 12.8. The number of carbonyl (C=O) groups is 3. The summed E-state index contributed by atoms with van der Waals surface area (Å²) in [5.41, 5.74) is 8.67. The van der Waals surface area contributed by atoms with E-state index in [4.69, 9.17) is 5.73 Å². The summed E-state index contributed by atoms with van der Waals surface area (Å²) in [6.07, 6.45) is 5.52. The highest BCUT2D eigenvalue weighted by atomic mass is 16.2. The highest BCUT2D eigenvalue weighted by Gasteiger charge is 2.39. The van der Waals surface area contributed by atoms with Crippen molar-refractivity contribution in [2.75, 3.05) is 6.54 Å². The van der Waals surface area contributed by atoms with Crippen LogP contribution in [0.15, 0.2) is 18.2 Å². The van der Waals surface area contributed by atoms with Crippen LogP contribution in [0.25, 0.3) is 0 Å². The summed E-state index contributed by atoms with van der Waals surface area (Å²) in [7, 11) is 0. The van der Waals surface area contributed by atoms with E-state index in [9.17, 15) is 14.4 Å². The first-order valence-electron chi connectivity index (χ1n) is 10.3. The SMILES string of the molecule is NC[C@@H]1CCCC[C@@H]1NCc1ccc2c(c1)CN(C1CCC(=O)NC1=O)C2=O. The Morgan fingerprint density at radius 2 is 1.96 bits per heavy atom. The number of carbonyl (C=O) groups excluding carboxylic acids is 3. The van der Waals surface area contributed by atoms with Gasteiger partial charge in [-0.25, -0.2) is 0 Å². The Kier molecular flexibility index (Phi) is 5.46. The Morgan fingerprint density at radius 1 is 1.14 bits per heavy atom. The smallest absolute Gasteiger partial charge is 0.255 e. The van der Waals surface area contributed by atoms with Crippen LogP contribution in [0.1, 0.15) is 60.0 Å². The maximum Gasteiger partial charge on any atom is 0.255 e. The molecule has 0 aromatic heterocycles. The Hall–Kier alpha value is -2.25. The van der Waals surface area contributed by atoms with Gasteiger partial charge in [0.15, 0.2) is 0 Å². The van der Waals surface area contributed by atoms with E-state index in [-0.39, 0.29) is 24.1 Å². The van der Waals surface area contributed by atoms with E-state index < -0.39 is 6.04 Å². The molecule has 3 amide bonds. The average Bonchev–Trinajstić information content (AvgIpc) is 3.02. The molecule has 0 bridgehead atoms. The number of benzene rings is 1. The minimum Gasteiger partial charge on any atom is -0.330 e. The van der Waals surface area contributed by atoms with Gasteiger partial charge in [0.1, 0.15) is 6.04 Å². The van der Waals surface area contributed by atoms with Gasteiger partial charge < -0.3 is 16.0 Å². The lowest BCUT2D eigenvalue weighted by Gasteiger charge is -2.31. The van der Waals surface area contributed by atoms with Crippen molar-refractivity contribution >= 4 is 17.7 Å². The van der Waals surface area contributed by atoms with Crippen molar-refractivity contribution in [3.05, 3.63) is 34.9 Å². The van der Waals surface area contributed by atoms with Gasteiger partial charge in [0, 0.05) is 31.1 Å². The molecule has 7 heteroatoms. The first kappa shape index (κ1) is 19.1. The van der Waals surface area contributed by atoms with Gasteiger partial charge in [-0.2, -0.15) is 0 Å². The first-order valence-corrected chi connectivity index (χ1v) is 10.3. The topological polar surface area (TPSA) is 105 Å². The zero-order chi connectivity index (χ0) is 19.7. The van der Waals surface area contributed by atoms with E-state index >= 15 is 0 Å². The predicted molar refractivity (Wildman–Crippen MR) is 104 cm³/mol. The molecule has 4 rings (SSSR count). The molecule has 1 aliphatic carbocycles. The van der Waals surface area contributed by atoms with E-state index in [2.05, 4.69) is 16.7 Å². The Balaban J connectivity index is 1.42. The third-order valence-corrected chi connectivity index (χ3v) is 6.37. The van der Waals surface area contributed by atoms with Crippen molar-refractivity contribution in [1.29, 1.82) is 0 Å². The van der Waals surface area contributed by atoms with Crippen LogP contribution < -0.4 is 16.4 Å². The number of nitrogens with two attached hydrogens (primary N) is 1. The quantitative estimate of drug-likeness (QED) is 0.659. The third kappa shape index (κ3) is 3.69. The van der Waals surface area contributed by atoms with Gasteiger partial charge in [-0.05, 0) is 48.9 Å². The molecule has 3 aliphatic rings. The van der Waals surface area contributed by atoms with E-state index in [1.807, 2.05) is 12.1 Å². The van der Waals surface area contributed by atoms with Crippen LogP contribution in [0.3, 0.4) is 0 Å². The second-order valence-electron chi connectivity index (χ2n) is 8.16. The number of hydrogen-bond acceptors (Lipinski definition) is 5. The molecule has 7 nitrogen and oxygen atoms in total. The van der Waals surface area contributed by atoms with E-state index in [1.54, 1.807) is 4.90 Å². The van der Waals surface area contributed by atoms with Crippen LogP contribution in [-0.4, -0.2) is 41.2 Å². The number of piperidine rings is 1. The Morgan fingerprint density at radius 3 is 2.75 bits per heavy atom. The molecule has 2 heterocycles. The Bertz CT molecular complexity index is 794. The normalized spacial score (nSPS) is 27.7. The van der Waals surface area contributed by atoms with Crippen molar-refractivity contribution in [1.82, 2.24) is 15.5 Å².